The number of sulfone groups is 1. The summed E-state index contributed by atoms with van der Waals surface area (Å²) in [6, 6.07) is 23.8. The number of hydrogen-bond donors (Lipinski definition) is 1. The van der Waals surface area contributed by atoms with Crippen LogP contribution in [0.1, 0.15) is 37.1 Å². The molecule has 42 heavy (non-hydrogen) atoms. The van der Waals surface area contributed by atoms with Gasteiger partial charge in [0.25, 0.3) is 0 Å². The molecule has 10 nitrogen and oxygen atoms in total. The standard InChI is InChI=1S/C31H36N6O4S/c1-23(2)37-31(39)36(22-33-37)27-13-11-26(12-14-27)34-17-19-35(20-18-34)29(25-7-5-4-6-8-25)30(38)32-21-24-9-15-28(16-10-24)42(3,40)41/h4-16,22-23,29H,17-21H2,1-3H3,(H,32,38). The van der Waals surface area contributed by atoms with Crippen LogP contribution in [0.3, 0.4) is 0 Å². The van der Waals surface area contributed by atoms with Gasteiger partial charge in [-0.2, -0.15) is 5.10 Å². The molecule has 1 amide bonds. The maximum absolute atomic E-state index is 13.5. The zero-order valence-electron chi connectivity index (χ0n) is 24.1. The van der Waals surface area contributed by atoms with Crippen molar-refractivity contribution in [3.63, 3.8) is 0 Å². The number of hydrogen-bond acceptors (Lipinski definition) is 7. The van der Waals surface area contributed by atoms with E-state index in [0.29, 0.717) is 19.6 Å². The predicted octanol–water partition coefficient (Wildman–Crippen LogP) is 3.20. The summed E-state index contributed by atoms with van der Waals surface area (Å²) in [5.41, 5.74) is 3.41. The number of aromatic nitrogens is 3. The highest BCUT2D eigenvalue weighted by atomic mass is 32.2. The fraction of sp³-hybridized carbons (Fsp3) is 0.323. The highest BCUT2D eigenvalue weighted by molar-refractivity contribution is 7.90. The van der Waals surface area contributed by atoms with Crippen molar-refractivity contribution in [3.05, 3.63) is 107 Å². The lowest BCUT2D eigenvalue weighted by Crippen LogP contribution is -2.51. The van der Waals surface area contributed by atoms with Gasteiger partial charge in [0.2, 0.25) is 5.91 Å². The second-order valence-electron chi connectivity index (χ2n) is 10.8. The molecule has 0 radical (unpaired) electrons. The average Bonchev–Trinajstić information content (AvgIpc) is 3.38. The van der Waals surface area contributed by atoms with E-state index in [9.17, 15) is 18.0 Å². The molecular weight excluding hydrogens is 552 g/mol. The lowest BCUT2D eigenvalue weighted by atomic mass is 10.0. The Morgan fingerprint density at radius 2 is 1.50 bits per heavy atom. The largest absolute Gasteiger partial charge is 0.369 e. The van der Waals surface area contributed by atoms with Crippen molar-refractivity contribution < 1.29 is 13.2 Å². The Labute approximate surface area is 246 Å². The number of nitrogens with one attached hydrogen (secondary N) is 1. The van der Waals surface area contributed by atoms with E-state index in [1.807, 2.05) is 68.4 Å². The zero-order chi connectivity index (χ0) is 29.9. The number of nitrogens with zero attached hydrogens (tertiary/aromatic N) is 5. The van der Waals surface area contributed by atoms with Crippen LogP contribution in [-0.2, 0) is 21.2 Å². The van der Waals surface area contributed by atoms with Crippen LogP contribution < -0.4 is 15.9 Å². The molecule has 220 valence electrons. The molecule has 2 heterocycles. The fourth-order valence-corrected chi connectivity index (χ4v) is 5.84. The summed E-state index contributed by atoms with van der Waals surface area (Å²) in [6.45, 7) is 7.03. The summed E-state index contributed by atoms with van der Waals surface area (Å²) >= 11 is 0. The molecule has 11 heteroatoms. The van der Waals surface area contributed by atoms with Gasteiger partial charge in [-0.15, -0.1) is 0 Å². The lowest BCUT2D eigenvalue weighted by Gasteiger charge is -2.39. The second-order valence-corrected chi connectivity index (χ2v) is 12.8. The highest BCUT2D eigenvalue weighted by Gasteiger charge is 2.30. The van der Waals surface area contributed by atoms with Crippen LogP contribution in [0, 0.1) is 0 Å². The molecular formula is C31H36N6O4S. The van der Waals surface area contributed by atoms with Crippen molar-refractivity contribution in [3.8, 4) is 5.69 Å². The van der Waals surface area contributed by atoms with Crippen molar-refractivity contribution in [2.45, 2.75) is 37.4 Å². The number of anilines is 1. The van der Waals surface area contributed by atoms with Gasteiger partial charge in [-0.05, 0) is 61.4 Å². The van der Waals surface area contributed by atoms with E-state index in [2.05, 4.69) is 20.2 Å². The normalized spacial score (nSPS) is 15.1. The van der Waals surface area contributed by atoms with E-state index in [1.54, 1.807) is 35.2 Å². The topological polar surface area (TPSA) is 110 Å². The third-order valence-corrected chi connectivity index (χ3v) is 8.67. The molecule has 1 saturated heterocycles. The first-order valence-corrected chi connectivity index (χ1v) is 15.9. The number of amides is 1. The van der Waals surface area contributed by atoms with Crippen LogP contribution in [0.25, 0.3) is 5.69 Å². The third-order valence-electron chi connectivity index (χ3n) is 7.54. The molecule has 1 aliphatic rings. The molecule has 0 bridgehead atoms. The Morgan fingerprint density at radius 1 is 0.881 bits per heavy atom. The van der Waals surface area contributed by atoms with Crippen molar-refractivity contribution >= 4 is 21.4 Å². The van der Waals surface area contributed by atoms with E-state index in [1.165, 1.54) is 10.9 Å². The molecule has 1 aromatic heterocycles. The van der Waals surface area contributed by atoms with Gasteiger partial charge in [-0.1, -0.05) is 42.5 Å². The van der Waals surface area contributed by atoms with Gasteiger partial charge in [0.15, 0.2) is 9.84 Å². The van der Waals surface area contributed by atoms with Crippen LogP contribution in [0.15, 0.2) is 94.9 Å². The van der Waals surface area contributed by atoms with E-state index in [4.69, 9.17) is 0 Å². The minimum atomic E-state index is -3.27. The van der Waals surface area contributed by atoms with Gasteiger partial charge in [0.05, 0.1) is 16.6 Å². The van der Waals surface area contributed by atoms with E-state index in [0.717, 1.165) is 35.6 Å². The van der Waals surface area contributed by atoms with Crippen molar-refractivity contribution in [2.75, 3.05) is 37.3 Å². The molecule has 1 fully saturated rings. The Balaban J connectivity index is 1.25. The van der Waals surface area contributed by atoms with Crippen LogP contribution in [0.5, 0.6) is 0 Å². The molecule has 0 spiro atoms. The van der Waals surface area contributed by atoms with Crippen molar-refractivity contribution in [1.82, 2.24) is 24.6 Å². The monoisotopic (exact) mass is 588 g/mol. The molecule has 4 aromatic rings. The number of carbonyl (C=O) groups is 1. The minimum Gasteiger partial charge on any atom is -0.369 e. The zero-order valence-corrected chi connectivity index (χ0v) is 24.9. The quantitative estimate of drug-likeness (QED) is 0.320. The number of benzene rings is 3. The van der Waals surface area contributed by atoms with Gasteiger partial charge in [-0.25, -0.2) is 22.5 Å². The van der Waals surface area contributed by atoms with E-state index < -0.39 is 15.9 Å². The maximum atomic E-state index is 13.5. The van der Waals surface area contributed by atoms with Gasteiger partial charge in [0, 0.05) is 44.7 Å². The molecule has 0 saturated carbocycles. The molecule has 5 rings (SSSR count). The first-order valence-electron chi connectivity index (χ1n) is 14.0. The predicted molar refractivity (Wildman–Crippen MR) is 163 cm³/mol. The van der Waals surface area contributed by atoms with Crippen LogP contribution in [0.2, 0.25) is 0 Å². The van der Waals surface area contributed by atoms with E-state index >= 15 is 0 Å². The molecule has 1 aliphatic heterocycles. The summed E-state index contributed by atoms with van der Waals surface area (Å²) in [5.74, 6) is -0.0985. The number of piperazine rings is 1. The Morgan fingerprint density at radius 3 is 2.07 bits per heavy atom. The third kappa shape index (κ3) is 6.47. The van der Waals surface area contributed by atoms with Crippen LogP contribution in [0.4, 0.5) is 5.69 Å². The first-order chi connectivity index (χ1) is 20.1. The van der Waals surface area contributed by atoms with Gasteiger partial charge in [-0.3, -0.25) is 9.69 Å². The van der Waals surface area contributed by atoms with Crippen molar-refractivity contribution in [1.29, 1.82) is 0 Å². The lowest BCUT2D eigenvalue weighted by molar-refractivity contribution is -0.127. The maximum Gasteiger partial charge on any atom is 0.350 e. The number of rotatable bonds is 9. The molecule has 1 atom stereocenters. The smallest absolute Gasteiger partial charge is 0.350 e. The molecule has 1 N–H and O–H groups in total. The fourth-order valence-electron chi connectivity index (χ4n) is 5.21. The molecule has 1 unspecified atom stereocenters. The SMILES string of the molecule is CC(C)n1ncn(-c2ccc(N3CCN(C(C(=O)NCc4ccc(S(C)(=O)=O)cc4)c4ccccc4)CC3)cc2)c1=O. The average molecular weight is 589 g/mol. The Bertz CT molecular complexity index is 1670. The summed E-state index contributed by atoms with van der Waals surface area (Å²) < 4.78 is 26.5. The molecule has 0 aliphatic carbocycles. The first kappa shape index (κ1) is 29.3. The number of carbonyl (C=O) groups excluding carboxylic acids is 1. The highest BCUT2D eigenvalue weighted by Crippen LogP contribution is 2.25. The minimum absolute atomic E-state index is 0.00963. The summed E-state index contributed by atoms with van der Waals surface area (Å²) in [7, 11) is -3.27. The summed E-state index contributed by atoms with van der Waals surface area (Å²) in [5, 5.41) is 7.26. The van der Waals surface area contributed by atoms with Crippen LogP contribution >= 0.6 is 0 Å². The second kappa shape index (κ2) is 12.3. The molecule has 3 aromatic carbocycles. The Hall–Kier alpha value is -4.22. The van der Waals surface area contributed by atoms with Gasteiger partial charge < -0.3 is 10.2 Å². The Kier molecular flexibility index (Phi) is 8.60. The van der Waals surface area contributed by atoms with Crippen molar-refractivity contribution in [2.24, 2.45) is 0 Å². The summed E-state index contributed by atoms with van der Waals surface area (Å²) in [6.07, 6.45) is 2.73. The van der Waals surface area contributed by atoms with Gasteiger partial charge in [0.1, 0.15) is 12.4 Å². The van der Waals surface area contributed by atoms with Crippen LogP contribution in [-0.4, -0.2) is 66.0 Å². The van der Waals surface area contributed by atoms with Gasteiger partial charge >= 0.3 is 5.69 Å². The van der Waals surface area contributed by atoms with E-state index in [-0.39, 0.29) is 22.5 Å². The summed E-state index contributed by atoms with van der Waals surface area (Å²) in [4.78, 5) is 30.9.